The van der Waals surface area contributed by atoms with Gasteiger partial charge in [0.2, 0.25) is 11.8 Å². The Bertz CT molecular complexity index is 593. The van der Waals surface area contributed by atoms with Crippen molar-refractivity contribution in [1.29, 1.82) is 0 Å². The molecule has 2 atom stereocenters. The number of hydrogen-bond donors (Lipinski definition) is 3. The van der Waals surface area contributed by atoms with E-state index < -0.39 is 0 Å². The van der Waals surface area contributed by atoms with Crippen LogP contribution in [-0.2, 0) is 9.59 Å². The summed E-state index contributed by atoms with van der Waals surface area (Å²) in [6.45, 7) is 4.45. The maximum Gasteiger partial charge on any atom is 0.237 e. The topological polar surface area (TPSA) is 73.5 Å². The lowest BCUT2D eigenvalue weighted by Crippen LogP contribution is -2.45. The second kappa shape index (κ2) is 11.3. The third kappa shape index (κ3) is 7.13. The fraction of sp³-hybridized carbons (Fsp3) is 0.600. The van der Waals surface area contributed by atoms with E-state index in [1.165, 1.54) is 0 Å². The van der Waals surface area contributed by atoms with Gasteiger partial charge in [0.1, 0.15) is 0 Å². The summed E-state index contributed by atoms with van der Waals surface area (Å²) in [7, 11) is 0. The Labute approximate surface area is 167 Å². The van der Waals surface area contributed by atoms with Crippen molar-refractivity contribution in [2.45, 2.75) is 38.1 Å². The van der Waals surface area contributed by atoms with Gasteiger partial charge in [-0.05, 0) is 56.8 Å². The van der Waals surface area contributed by atoms with E-state index >= 15 is 0 Å². The fourth-order valence-electron chi connectivity index (χ4n) is 3.80. The van der Waals surface area contributed by atoms with E-state index in [0.717, 1.165) is 64.1 Å². The quantitative estimate of drug-likeness (QED) is 0.661. The van der Waals surface area contributed by atoms with E-state index in [1.807, 2.05) is 30.3 Å². The van der Waals surface area contributed by atoms with Gasteiger partial charge in [0.05, 0.1) is 6.04 Å². The first-order valence-electron chi connectivity index (χ1n) is 9.79. The van der Waals surface area contributed by atoms with Crippen molar-refractivity contribution in [3.05, 3.63) is 30.3 Å². The standard InChI is InChI=1S/C20H30N4O2.ClH/c25-19(23-17-7-2-1-3-8-17)10-13-24-12-5-6-16(15-24)14-22-20(26)18-9-4-11-21-18;/h1-3,7-8,16,18,21H,4-6,9-15H2,(H,22,26)(H,23,25);1H. The summed E-state index contributed by atoms with van der Waals surface area (Å²) in [6, 6.07) is 9.57. The first-order valence-corrected chi connectivity index (χ1v) is 9.79. The zero-order chi connectivity index (χ0) is 18.2. The van der Waals surface area contributed by atoms with Crippen LogP contribution in [0.15, 0.2) is 30.3 Å². The third-order valence-electron chi connectivity index (χ3n) is 5.26. The number of piperidine rings is 1. The predicted octanol–water partition coefficient (Wildman–Crippen LogP) is 2.02. The van der Waals surface area contributed by atoms with Crippen LogP contribution in [0.1, 0.15) is 32.1 Å². The van der Waals surface area contributed by atoms with Gasteiger partial charge in [-0.2, -0.15) is 0 Å². The van der Waals surface area contributed by atoms with E-state index in [2.05, 4.69) is 20.9 Å². The molecule has 0 aromatic heterocycles. The summed E-state index contributed by atoms with van der Waals surface area (Å²) in [4.78, 5) is 26.6. The summed E-state index contributed by atoms with van der Waals surface area (Å²) < 4.78 is 0. The second-order valence-corrected chi connectivity index (χ2v) is 7.37. The number of nitrogens with one attached hydrogen (secondary N) is 3. The molecule has 0 saturated carbocycles. The first-order chi connectivity index (χ1) is 12.7. The Morgan fingerprint density at radius 2 is 1.96 bits per heavy atom. The van der Waals surface area contributed by atoms with Gasteiger partial charge in [-0.3, -0.25) is 9.59 Å². The molecular weight excluding hydrogens is 364 g/mol. The van der Waals surface area contributed by atoms with Crippen molar-refractivity contribution >= 4 is 29.9 Å². The molecule has 0 spiro atoms. The van der Waals surface area contributed by atoms with Crippen molar-refractivity contribution in [2.24, 2.45) is 5.92 Å². The SMILES string of the molecule is Cl.O=C(CCN1CCCC(CNC(=O)C2CCCN2)C1)Nc1ccccc1. The lowest BCUT2D eigenvalue weighted by atomic mass is 9.97. The van der Waals surface area contributed by atoms with E-state index in [4.69, 9.17) is 0 Å². The van der Waals surface area contributed by atoms with Crippen LogP contribution in [0.2, 0.25) is 0 Å². The highest BCUT2D eigenvalue weighted by Gasteiger charge is 2.24. The highest BCUT2D eigenvalue weighted by atomic mass is 35.5. The van der Waals surface area contributed by atoms with Gasteiger partial charge in [0.15, 0.2) is 0 Å². The number of carbonyl (C=O) groups is 2. The van der Waals surface area contributed by atoms with Gasteiger partial charge in [-0.1, -0.05) is 18.2 Å². The number of benzene rings is 1. The van der Waals surface area contributed by atoms with Crippen LogP contribution in [0.4, 0.5) is 5.69 Å². The van der Waals surface area contributed by atoms with Crippen molar-refractivity contribution in [1.82, 2.24) is 15.5 Å². The summed E-state index contributed by atoms with van der Waals surface area (Å²) in [6.07, 6.45) is 4.80. The van der Waals surface area contributed by atoms with Gasteiger partial charge in [-0.25, -0.2) is 0 Å². The smallest absolute Gasteiger partial charge is 0.237 e. The number of anilines is 1. The molecule has 27 heavy (non-hydrogen) atoms. The number of para-hydroxylation sites is 1. The summed E-state index contributed by atoms with van der Waals surface area (Å²) in [5.74, 6) is 0.673. The van der Waals surface area contributed by atoms with Gasteiger partial charge in [-0.15, -0.1) is 12.4 Å². The van der Waals surface area contributed by atoms with Crippen molar-refractivity contribution in [2.75, 3.05) is 38.0 Å². The third-order valence-corrected chi connectivity index (χ3v) is 5.26. The Hall–Kier alpha value is -1.63. The normalized spacial score (nSPS) is 22.7. The van der Waals surface area contributed by atoms with Crippen LogP contribution in [0.5, 0.6) is 0 Å². The number of hydrogen-bond acceptors (Lipinski definition) is 4. The average molecular weight is 395 g/mol. The Morgan fingerprint density at radius 1 is 1.15 bits per heavy atom. The molecule has 3 N–H and O–H groups in total. The molecule has 150 valence electrons. The van der Waals surface area contributed by atoms with Crippen LogP contribution in [0, 0.1) is 5.92 Å². The number of nitrogens with zero attached hydrogens (tertiary/aromatic N) is 1. The van der Waals surface area contributed by atoms with E-state index in [0.29, 0.717) is 12.3 Å². The zero-order valence-electron chi connectivity index (χ0n) is 15.8. The van der Waals surface area contributed by atoms with Crippen LogP contribution in [0.25, 0.3) is 0 Å². The minimum atomic E-state index is -0.00336. The van der Waals surface area contributed by atoms with Crippen molar-refractivity contribution in [3.8, 4) is 0 Å². The molecule has 0 aliphatic carbocycles. The van der Waals surface area contributed by atoms with Crippen LogP contribution < -0.4 is 16.0 Å². The van der Waals surface area contributed by atoms with Gasteiger partial charge in [0.25, 0.3) is 0 Å². The molecule has 2 unspecified atom stereocenters. The highest BCUT2D eigenvalue weighted by Crippen LogP contribution is 2.16. The highest BCUT2D eigenvalue weighted by molar-refractivity contribution is 5.90. The zero-order valence-corrected chi connectivity index (χ0v) is 16.6. The Morgan fingerprint density at radius 3 is 2.70 bits per heavy atom. The lowest BCUT2D eigenvalue weighted by Gasteiger charge is -2.32. The number of amides is 2. The molecule has 2 aliphatic rings. The second-order valence-electron chi connectivity index (χ2n) is 7.37. The average Bonchev–Trinajstić information content (AvgIpc) is 3.21. The Kier molecular flexibility index (Phi) is 9.04. The van der Waals surface area contributed by atoms with Crippen LogP contribution >= 0.6 is 12.4 Å². The monoisotopic (exact) mass is 394 g/mol. The molecule has 3 rings (SSSR count). The molecule has 1 aromatic carbocycles. The lowest BCUT2D eigenvalue weighted by molar-refractivity contribution is -0.123. The van der Waals surface area contributed by atoms with E-state index in [-0.39, 0.29) is 30.3 Å². The fourth-order valence-corrected chi connectivity index (χ4v) is 3.80. The molecule has 0 bridgehead atoms. The summed E-state index contributed by atoms with van der Waals surface area (Å²) >= 11 is 0. The van der Waals surface area contributed by atoms with Gasteiger partial charge < -0.3 is 20.9 Å². The number of carbonyl (C=O) groups excluding carboxylic acids is 2. The molecule has 2 amide bonds. The molecule has 0 radical (unpaired) electrons. The number of halogens is 1. The van der Waals surface area contributed by atoms with Gasteiger partial charge in [0, 0.05) is 31.7 Å². The maximum atomic E-state index is 12.1. The minimum absolute atomic E-state index is 0. The minimum Gasteiger partial charge on any atom is -0.354 e. The molecule has 2 fully saturated rings. The first kappa shape index (κ1) is 21.7. The van der Waals surface area contributed by atoms with Crippen LogP contribution in [-0.4, -0.2) is 55.5 Å². The maximum absolute atomic E-state index is 12.1. The van der Waals surface area contributed by atoms with Crippen LogP contribution in [0.3, 0.4) is 0 Å². The summed E-state index contributed by atoms with van der Waals surface area (Å²) in [5, 5.41) is 9.28. The molecule has 2 saturated heterocycles. The molecule has 2 aliphatic heterocycles. The molecular formula is C20H31ClN4O2. The van der Waals surface area contributed by atoms with Crippen molar-refractivity contribution in [3.63, 3.8) is 0 Å². The number of likely N-dealkylation sites (tertiary alicyclic amines) is 1. The number of rotatable bonds is 7. The predicted molar refractivity (Wildman–Crippen MR) is 110 cm³/mol. The summed E-state index contributed by atoms with van der Waals surface area (Å²) in [5.41, 5.74) is 0.845. The van der Waals surface area contributed by atoms with E-state index in [9.17, 15) is 9.59 Å². The molecule has 6 nitrogen and oxygen atoms in total. The van der Waals surface area contributed by atoms with Gasteiger partial charge >= 0.3 is 0 Å². The molecule has 7 heteroatoms. The largest absolute Gasteiger partial charge is 0.354 e. The van der Waals surface area contributed by atoms with Crippen molar-refractivity contribution < 1.29 is 9.59 Å². The van der Waals surface area contributed by atoms with E-state index in [1.54, 1.807) is 0 Å². The molecule has 1 aromatic rings. The Balaban J connectivity index is 0.00000261. The molecule has 2 heterocycles.